The highest BCUT2D eigenvalue weighted by atomic mass is 16.3. The summed E-state index contributed by atoms with van der Waals surface area (Å²) >= 11 is 0. The highest BCUT2D eigenvalue weighted by molar-refractivity contribution is 6.21. The molecule has 0 fully saturated rings. The predicted octanol–water partition coefficient (Wildman–Crippen LogP) is 6.08. The molecule has 0 spiro atoms. The molecule has 26 heavy (non-hydrogen) atoms. The fourth-order valence-corrected chi connectivity index (χ4v) is 4.00. The summed E-state index contributed by atoms with van der Waals surface area (Å²) < 4.78 is 7.71. The van der Waals surface area contributed by atoms with E-state index < -0.39 is 0 Å². The minimum atomic E-state index is 0.806. The van der Waals surface area contributed by atoms with E-state index in [0.29, 0.717) is 0 Å². The zero-order chi connectivity index (χ0) is 17.1. The van der Waals surface area contributed by atoms with Gasteiger partial charge in [0.05, 0.1) is 11.0 Å². The lowest BCUT2D eigenvalue weighted by atomic mass is 10.0. The molecule has 0 bridgehead atoms. The van der Waals surface area contributed by atoms with Crippen LogP contribution in [0.15, 0.2) is 89.7 Å². The first-order chi connectivity index (χ1) is 12.9. The molecule has 0 radical (unpaired) electrons. The van der Waals surface area contributed by atoms with Crippen molar-refractivity contribution < 1.29 is 4.42 Å². The molecule has 0 aliphatic rings. The van der Waals surface area contributed by atoms with Crippen LogP contribution in [0, 0.1) is 0 Å². The van der Waals surface area contributed by atoms with Gasteiger partial charge < -0.3 is 8.98 Å². The Kier molecular flexibility index (Phi) is 2.61. The van der Waals surface area contributed by atoms with Gasteiger partial charge in [-0.15, -0.1) is 0 Å². The average Bonchev–Trinajstić information content (AvgIpc) is 3.29. The molecule has 0 unspecified atom stereocenters. The first-order valence-electron chi connectivity index (χ1n) is 8.65. The number of aromatic nitrogens is 2. The van der Waals surface area contributed by atoms with Gasteiger partial charge in [0.1, 0.15) is 5.52 Å². The summed E-state index contributed by atoms with van der Waals surface area (Å²) in [5.41, 5.74) is 5.16. The van der Waals surface area contributed by atoms with Crippen LogP contribution in [0.5, 0.6) is 0 Å². The van der Waals surface area contributed by atoms with Gasteiger partial charge in [0.25, 0.3) is 0 Å². The van der Waals surface area contributed by atoms with Crippen molar-refractivity contribution in [2.24, 2.45) is 0 Å². The largest absolute Gasteiger partial charge is 0.443 e. The van der Waals surface area contributed by atoms with Crippen molar-refractivity contribution in [3.8, 4) is 5.69 Å². The second kappa shape index (κ2) is 4.96. The number of fused-ring (bicyclic) bond motifs is 6. The van der Waals surface area contributed by atoms with Gasteiger partial charge in [-0.3, -0.25) is 0 Å². The number of hydrogen-bond donors (Lipinski definition) is 0. The van der Waals surface area contributed by atoms with E-state index in [1.165, 1.54) is 39.0 Å². The minimum absolute atomic E-state index is 0.806. The Labute approximate surface area is 149 Å². The van der Waals surface area contributed by atoms with Gasteiger partial charge in [0.2, 0.25) is 0 Å². The monoisotopic (exact) mass is 334 g/mol. The lowest BCUT2D eigenvalue weighted by Crippen LogP contribution is -1.93. The summed E-state index contributed by atoms with van der Waals surface area (Å²) in [6.45, 7) is 0. The Bertz CT molecular complexity index is 1440. The Morgan fingerprint density at radius 2 is 1.58 bits per heavy atom. The van der Waals surface area contributed by atoms with Crippen molar-refractivity contribution in [1.29, 1.82) is 0 Å². The molecule has 0 saturated carbocycles. The normalized spacial score (nSPS) is 11.8. The van der Waals surface area contributed by atoms with E-state index in [1.807, 2.05) is 6.07 Å². The van der Waals surface area contributed by atoms with Crippen LogP contribution in [0.3, 0.4) is 0 Å². The van der Waals surface area contributed by atoms with Crippen LogP contribution < -0.4 is 0 Å². The summed E-state index contributed by atoms with van der Waals surface area (Å²) in [5.74, 6) is 0. The van der Waals surface area contributed by atoms with E-state index in [1.54, 1.807) is 0 Å². The molecule has 0 atom stereocenters. The molecule has 3 heteroatoms. The molecule has 6 aromatic rings. The summed E-state index contributed by atoms with van der Waals surface area (Å²) in [6, 6.07) is 27.7. The lowest BCUT2D eigenvalue weighted by Gasteiger charge is -2.08. The van der Waals surface area contributed by atoms with Crippen LogP contribution in [0.25, 0.3) is 49.4 Å². The zero-order valence-corrected chi connectivity index (χ0v) is 13.9. The third kappa shape index (κ3) is 1.74. The number of oxazole rings is 1. The third-order valence-corrected chi connectivity index (χ3v) is 5.13. The zero-order valence-electron chi connectivity index (χ0n) is 13.9. The van der Waals surface area contributed by atoms with Crippen molar-refractivity contribution >= 4 is 43.7 Å². The first-order valence-corrected chi connectivity index (χ1v) is 8.65. The Morgan fingerprint density at radius 3 is 2.54 bits per heavy atom. The molecular formula is C23H14N2O. The fraction of sp³-hybridized carbons (Fsp3) is 0. The number of hydrogen-bond acceptors (Lipinski definition) is 2. The first kappa shape index (κ1) is 13.7. The van der Waals surface area contributed by atoms with Crippen LogP contribution in [-0.2, 0) is 0 Å². The van der Waals surface area contributed by atoms with Crippen molar-refractivity contribution in [1.82, 2.24) is 9.55 Å². The highest BCUT2D eigenvalue weighted by Gasteiger charge is 2.14. The summed E-state index contributed by atoms with van der Waals surface area (Å²) in [5, 5.41) is 5.09. The molecule has 6 rings (SSSR count). The van der Waals surface area contributed by atoms with E-state index in [0.717, 1.165) is 16.8 Å². The Morgan fingerprint density at radius 1 is 0.731 bits per heavy atom. The molecule has 0 aliphatic heterocycles. The molecule has 0 aliphatic carbocycles. The van der Waals surface area contributed by atoms with Gasteiger partial charge >= 0.3 is 0 Å². The van der Waals surface area contributed by atoms with Crippen LogP contribution in [0.1, 0.15) is 0 Å². The topological polar surface area (TPSA) is 31.0 Å². The number of para-hydroxylation sites is 1. The standard InChI is InChI=1S/C23H14N2O/c1-2-6-17-15(5-1)9-11-21-23(17)18-7-3-4-8-20(18)25(21)16-10-12-22-19(13-16)24-14-26-22/h1-14H. The minimum Gasteiger partial charge on any atom is -0.443 e. The molecule has 4 aromatic carbocycles. The van der Waals surface area contributed by atoms with Crippen molar-refractivity contribution in [2.45, 2.75) is 0 Å². The Hall–Kier alpha value is -3.59. The quantitative estimate of drug-likeness (QED) is 0.365. The number of benzene rings is 4. The molecule has 3 nitrogen and oxygen atoms in total. The fourth-order valence-electron chi connectivity index (χ4n) is 4.00. The lowest BCUT2D eigenvalue weighted by molar-refractivity contribution is 0.602. The maximum Gasteiger partial charge on any atom is 0.181 e. The smallest absolute Gasteiger partial charge is 0.181 e. The Balaban J connectivity index is 1.83. The summed E-state index contributed by atoms with van der Waals surface area (Å²) in [6.07, 6.45) is 1.49. The third-order valence-electron chi connectivity index (χ3n) is 5.13. The van der Waals surface area contributed by atoms with Crippen molar-refractivity contribution in [3.63, 3.8) is 0 Å². The number of rotatable bonds is 1. The van der Waals surface area contributed by atoms with Gasteiger partial charge in [-0.1, -0.05) is 48.5 Å². The van der Waals surface area contributed by atoms with Gasteiger partial charge in [-0.2, -0.15) is 0 Å². The van der Waals surface area contributed by atoms with E-state index in [-0.39, 0.29) is 0 Å². The molecule has 122 valence electrons. The predicted molar refractivity (Wildman–Crippen MR) is 106 cm³/mol. The van der Waals surface area contributed by atoms with E-state index >= 15 is 0 Å². The number of nitrogens with zero attached hydrogens (tertiary/aromatic N) is 2. The van der Waals surface area contributed by atoms with Crippen LogP contribution in [-0.4, -0.2) is 9.55 Å². The van der Waals surface area contributed by atoms with Crippen LogP contribution in [0.2, 0.25) is 0 Å². The van der Waals surface area contributed by atoms with E-state index in [9.17, 15) is 0 Å². The van der Waals surface area contributed by atoms with Gasteiger partial charge in [-0.25, -0.2) is 4.98 Å². The van der Waals surface area contributed by atoms with Crippen LogP contribution >= 0.6 is 0 Å². The average molecular weight is 334 g/mol. The maximum absolute atomic E-state index is 5.40. The van der Waals surface area contributed by atoms with Gasteiger partial charge in [-0.05, 0) is 41.1 Å². The molecule has 0 saturated heterocycles. The van der Waals surface area contributed by atoms with Crippen molar-refractivity contribution in [2.75, 3.05) is 0 Å². The van der Waals surface area contributed by atoms with E-state index in [4.69, 9.17) is 4.42 Å². The SMILES string of the molecule is c1ccc2c(c1)ccc1c2c2ccccc2n1-c1ccc2ocnc2c1. The van der Waals surface area contributed by atoms with Gasteiger partial charge in [0.15, 0.2) is 12.0 Å². The van der Waals surface area contributed by atoms with Gasteiger partial charge in [0, 0.05) is 16.5 Å². The van der Waals surface area contributed by atoms with Crippen LogP contribution in [0.4, 0.5) is 0 Å². The summed E-state index contributed by atoms with van der Waals surface area (Å²) in [4.78, 5) is 4.32. The molecule has 2 aromatic heterocycles. The highest BCUT2D eigenvalue weighted by Crippen LogP contribution is 2.36. The second-order valence-corrected chi connectivity index (χ2v) is 6.54. The maximum atomic E-state index is 5.40. The second-order valence-electron chi connectivity index (χ2n) is 6.54. The molecule has 0 N–H and O–H groups in total. The van der Waals surface area contributed by atoms with E-state index in [2.05, 4.69) is 82.3 Å². The molecular weight excluding hydrogens is 320 g/mol. The molecule has 0 amide bonds. The van der Waals surface area contributed by atoms with Crippen molar-refractivity contribution in [3.05, 3.63) is 85.3 Å². The molecule has 2 heterocycles. The summed E-state index contributed by atoms with van der Waals surface area (Å²) in [7, 11) is 0.